The fraction of sp³-hybridized carbons (Fsp3) is 0.154. The molecular weight excluding hydrogens is 314 g/mol. The Bertz CT molecular complexity index is 580. The molecule has 1 aromatic carbocycles. The molecule has 0 bridgehead atoms. The van der Waals surface area contributed by atoms with Gasteiger partial charge in [0.25, 0.3) is 0 Å². The monoisotopic (exact) mass is 325 g/mol. The first-order valence-corrected chi connectivity index (χ1v) is 7.10. The van der Waals surface area contributed by atoms with E-state index in [1.807, 2.05) is 6.92 Å². The first kappa shape index (κ1) is 13.1. The quantitative estimate of drug-likeness (QED) is 0.888. The van der Waals surface area contributed by atoms with Crippen molar-refractivity contribution in [2.75, 3.05) is 5.32 Å². The molecule has 0 atom stereocenters. The maximum atomic E-state index is 11.1. The van der Waals surface area contributed by atoms with E-state index in [2.05, 4.69) is 32.0 Å². The van der Waals surface area contributed by atoms with E-state index in [1.165, 1.54) is 11.1 Å². The van der Waals surface area contributed by atoms with Crippen molar-refractivity contribution in [3.05, 3.63) is 50.1 Å². The number of carboxylic acids is 1. The molecule has 0 unspecified atom stereocenters. The number of rotatable bonds is 4. The summed E-state index contributed by atoms with van der Waals surface area (Å²) in [6.07, 6.45) is 0. The lowest BCUT2D eigenvalue weighted by molar-refractivity contribution is 0.0698. The zero-order chi connectivity index (χ0) is 13.1. The summed E-state index contributed by atoms with van der Waals surface area (Å²) in [5.74, 6) is -0.924. The zero-order valence-corrected chi connectivity index (χ0v) is 12.1. The molecule has 5 heteroatoms. The third-order valence-electron chi connectivity index (χ3n) is 2.64. The van der Waals surface area contributed by atoms with Gasteiger partial charge in [0, 0.05) is 11.0 Å². The summed E-state index contributed by atoms with van der Waals surface area (Å²) in [5.41, 5.74) is 3.32. The number of hydrogen-bond acceptors (Lipinski definition) is 3. The Morgan fingerprint density at radius 3 is 2.83 bits per heavy atom. The molecule has 2 N–H and O–H groups in total. The summed E-state index contributed by atoms with van der Waals surface area (Å²) >= 11 is 5.00. The van der Waals surface area contributed by atoms with E-state index >= 15 is 0 Å². The largest absolute Gasteiger partial charge is 0.478 e. The van der Waals surface area contributed by atoms with Gasteiger partial charge in [0.05, 0.1) is 11.3 Å². The van der Waals surface area contributed by atoms with Crippen molar-refractivity contribution in [2.45, 2.75) is 13.5 Å². The van der Waals surface area contributed by atoms with Crippen LogP contribution in [-0.2, 0) is 6.54 Å². The Morgan fingerprint density at radius 1 is 1.44 bits per heavy atom. The third kappa shape index (κ3) is 2.91. The lowest BCUT2D eigenvalue weighted by atomic mass is 10.1. The number of carbonyl (C=O) groups is 1. The average molecular weight is 326 g/mol. The molecule has 0 aliphatic heterocycles. The van der Waals surface area contributed by atoms with Gasteiger partial charge in [0.15, 0.2) is 0 Å². The van der Waals surface area contributed by atoms with Gasteiger partial charge in [-0.25, -0.2) is 4.79 Å². The first-order valence-electron chi connectivity index (χ1n) is 5.36. The lowest BCUT2D eigenvalue weighted by Gasteiger charge is -2.10. The van der Waals surface area contributed by atoms with Crippen LogP contribution in [0.25, 0.3) is 0 Å². The highest BCUT2D eigenvalue weighted by molar-refractivity contribution is 9.10. The van der Waals surface area contributed by atoms with Crippen LogP contribution in [0.3, 0.4) is 0 Å². The average Bonchev–Trinajstić information content (AvgIpc) is 2.72. The van der Waals surface area contributed by atoms with Crippen molar-refractivity contribution in [3.63, 3.8) is 0 Å². The van der Waals surface area contributed by atoms with Crippen LogP contribution < -0.4 is 5.32 Å². The Labute approximate surface area is 118 Å². The fourth-order valence-corrected chi connectivity index (χ4v) is 2.83. The first-order chi connectivity index (χ1) is 8.58. The Balaban J connectivity index is 2.20. The van der Waals surface area contributed by atoms with Crippen molar-refractivity contribution in [1.29, 1.82) is 0 Å². The number of nitrogens with one attached hydrogen (secondary N) is 1. The second kappa shape index (κ2) is 5.54. The summed E-state index contributed by atoms with van der Waals surface area (Å²) in [5, 5.41) is 16.4. The molecule has 1 heterocycles. The maximum Gasteiger partial charge on any atom is 0.337 e. The Hall–Kier alpha value is -1.33. The summed E-state index contributed by atoms with van der Waals surface area (Å²) < 4.78 is 0.858. The van der Waals surface area contributed by atoms with Crippen molar-refractivity contribution < 1.29 is 9.90 Å². The zero-order valence-electron chi connectivity index (χ0n) is 9.74. The molecule has 2 aromatic rings. The second-order valence-corrected chi connectivity index (χ2v) is 5.59. The van der Waals surface area contributed by atoms with E-state index in [9.17, 15) is 4.79 Å². The van der Waals surface area contributed by atoms with E-state index in [0.29, 0.717) is 12.2 Å². The van der Waals surface area contributed by atoms with E-state index in [-0.39, 0.29) is 5.56 Å². The summed E-state index contributed by atoms with van der Waals surface area (Å²) in [6.45, 7) is 2.68. The fourth-order valence-electron chi connectivity index (χ4n) is 1.61. The molecule has 18 heavy (non-hydrogen) atoms. The normalized spacial score (nSPS) is 10.3. The van der Waals surface area contributed by atoms with Crippen LogP contribution in [-0.4, -0.2) is 11.1 Å². The van der Waals surface area contributed by atoms with E-state index < -0.39 is 5.97 Å². The maximum absolute atomic E-state index is 11.1. The van der Waals surface area contributed by atoms with Gasteiger partial charge in [-0.1, -0.05) is 15.9 Å². The van der Waals surface area contributed by atoms with Crippen LogP contribution in [0.4, 0.5) is 5.69 Å². The highest BCUT2D eigenvalue weighted by atomic mass is 79.9. The number of halogens is 1. The lowest BCUT2D eigenvalue weighted by Crippen LogP contribution is -2.06. The van der Waals surface area contributed by atoms with E-state index in [1.54, 1.807) is 29.5 Å². The molecule has 0 amide bonds. The van der Waals surface area contributed by atoms with Crippen LogP contribution in [0.15, 0.2) is 33.4 Å². The number of carboxylic acid groups (broad SMARTS) is 1. The number of aromatic carboxylic acids is 1. The van der Waals surface area contributed by atoms with Gasteiger partial charge < -0.3 is 10.4 Å². The minimum absolute atomic E-state index is 0.283. The van der Waals surface area contributed by atoms with Gasteiger partial charge in [0.1, 0.15) is 0 Å². The standard InChI is InChI=1S/C13H12BrNO2S/c1-8-6-18-7-9(8)5-15-12-4-10(14)2-3-11(12)13(16)17/h2-4,6-7,15H,5H2,1H3,(H,16,17). The molecule has 0 radical (unpaired) electrons. The molecular formula is C13H12BrNO2S. The van der Waals surface area contributed by atoms with Crippen LogP contribution >= 0.6 is 27.3 Å². The van der Waals surface area contributed by atoms with Crippen molar-refractivity contribution >= 4 is 38.9 Å². The van der Waals surface area contributed by atoms with Gasteiger partial charge in [-0.3, -0.25) is 0 Å². The summed E-state index contributed by atoms with van der Waals surface area (Å²) in [6, 6.07) is 5.10. The highest BCUT2D eigenvalue weighted by Crippen LogP contribution is 2.23. The van der Waals surface area contributed by atoms with Gasteiger partial charge >= 0.3 is 5.97 Å². The molecule has 0 aliphatic carbocycles. The van der Waals surface area contributed by atoms with E-state index in [0.717, 1.165) is 4.47 Å². The molecule has 0 aliphatic rings. The van der Waals surface area contributed by atoms with Crippen LogP contribution in [0.2, 0.25) is 0 Å². The second-order valence-electron chi connectivity index (χ2n) is 3.93. The van der Waals surface area contributed by atoms with Gasteiger partial charge in [-0.2, -0.15) is 11.3 Å². The SMILES string of the molecule is Cc1cscc1CNc1cc(Br)ccc1C(=O)O. The van der Waals surface area contributed by atoms with Crippen LogP contribution in [0.5, 0.6) is 0 Å². The number of benzene rings is 1. The molecule has 94 valence electrons. The van der Waals surface area contributed by atoms with Gasteiger partial charge in [-0.05, 0) is 47.0 Å². The molecule has 2 rings (SSSR count). The number of hydrogen-bond donors (Lipinski definition) is 2. The Morgan fingerprint density at radius 2 is 2.22 bits per heavy atom. The molecule has 0 saturated heterocycles. The predicted molar refractivity (Wildman–Crippen MR) is 77.5 cm³/mol. The number of aryl methyl sites for hydroxylation is 1. The highest BCUT2D eigenvalue weighted by Gasteiger charge is 2.10. The molecule has 3 nitrogen and oxygen atoms in total. The summed E-state index contributed by atoms with van der Waals surface area (Å²) in [7, 11) is 0. The van der Waals surface area contributed by atoms with Crippen molar-refractivity contribution in [3.8, 4) is 0 Å². The van der Waals surface area contributed by atoms with Gasteiger partial charge in [0.2, 0.25) is 0 Å². The minimum Gasteiger partial charge on any atom is -0.478 e. The molecule has 1 aromatic heterocycles. The predicted octanol–water partition coefficient (Wildman–Crippen LogP) is 4.13. The minimum atomic E-state index is -0.924. The van der Waals surface area contributed by atoms with Crippen molar-refractivity contribution in [2.24, 2.45) is 0 Å². The van der Waals surface area contributed by atoms with E-state index in [4.69, 9.17) is 5.11 Å². The van der Waals surface area contributed by atoms with Crippen LogP contribution in [0.1, 0.15) is 21.5 Å². The number of thiophene rings is 1. The summed E-state index contributed by atoms with van der Waals surface area (Å²) in [4.78, 5) is 11.1. The number of anilines is 1. The van der Waals surface area contributed by atoms with Crippen LogP contribution in [0, 0.1) is 6.92 Å². The Kier molecular flexibility index (Phi) is 4.04. The van der Waals surface area contributed by atoms with Gasteiger partial charge in [-0.15, -0.1) is 0 Å². The third-order valence-corrected chi connectivity index (χ3v) is 4.05. The molecule has 0 saturated carbocycles. The topological polar surface area (TPSA) is 49.3 Å². The molecule has 0 spiro atoms. The molecule has 0 fully saturated rings. The smallest absolute Gasteiger partial charge is 0.337 e. The van der Waals surface area contributed by atoms with Crippen molar-refractivity contribution in [1.82, 2.24) is 0 Å².